The summed E-state index contributed by atoms with van der Waals surface area (Å²) in [5, 5.41) is 9.23. The third-order valence-corrected chi connectivity index (χ3v) is 4.02. The quantitative estimate of drug-likeness (QED) is 0.916. The van der Waals surface area contributed by atoms with Gasteiger partial charge in [0, 0.05) is 11.8 Å². The maximum absolute atomic E-state index is 12.5. The van der Waals surface area contributed by atoms with Crippen molar-refractivity contribution in [3.63, 3.8) is 0 Å². The zero-order valence-electron chi connectivity index (χ0n) is 10.5. The number of aryl methyl sites for hydroxylation is 2. The Labute approximate surface area is 111 Å². The van der Waals surface area contributed by atoms with E-state index in [0.29, 0.717) is 28.4 Å². The van der Waals surface area contributed by atoms with Gasteiger partial charge in [0.25, 0.3) is 0 Å². The summed E-state index contributed by atoms with van der Waals surface area (Å²) in [6.07, 6.45) is -4.58. The Balaban J connectivity index is 2.39. The smallest absolute Gasteiger partial charge is 0.443 e. The van der Waals surface area contributed by atoms with E-state index in [1.54, 1.807) is 20.8 Å². The number of hydrogen-bond acceptors (Lipinski definition) is 4. The van der Waals surface area contributed by atoms with E-state index in [9.17, 15) is 18.3 Å². The van der Waals surface area contributed by atoms with Crippen molar-refractivity contribution in [2.45, 2.75) is 33.1 Å². The van der Waals surface area contributed by atoms with Crippen molar-refractivity contribution in [1.29, 1.82) is 0 Å². The highest BCUT2D eigenvalue weighted by molar-refractivity contribution is 7.11. The number of aliphatic hydroxyl groups excluding tert-OH is 1. The number of aliphatic hydroxyl groups is 1. The number of nitrogens with zero attached hydrogens (tertiary/aromatic N) is 1. The second-order valence-electron chi connectivity index (χ2n) is 4.22. The third kappa shape index (κ3) is 2.52. The SMILES string of the molecule is Cc1oc(C)c(C(O)c2cnc(C(F)(F)F)s2)c1C. The van der Waals surface area contributed by atoms with Crippen LogP contribution in [0.25, 0.3) is 0 Å². The fourth-order valence-corrected chi connectivity index (χ4v) is 2.68. The molecule has 0 spiro atoms. The highest BCUT2D eigenvalue weighted by atomic mass is 32.1. The highest BCUT2D eigenvalue weighted by Gasteiger charge is 2.35. The van der Waals surface area contributed by atoms with E-state index in [1.165, 1.54) is 0 Å². The molecule has 3 nitrogen and oxygen atoms in total. The molecule has 0 bridgehead atoms. The second kappa shape index (κ2) is 4.64. The Morgan fingerprint density at radius 2 is 1.89 bits per heavy atom. The molecule has 0 aliphatic heterocycles. The molecule has 2 aromatic rings. The normalized spacial score (nSPS) is 13.8. The van der Waals surface area contributed by atoms with Gasteiger partial charge in [0.15, 0.2) is 5.01 Å². The molecule has 19 heavy (non-hydrogen) atoms. The van der Waals surface area contributed by atoms with E-state index in [4.69, 9.17) is 4.42 Å². The van der Waals surface area contributed by atoms with Crippen molar-refractivity contribution in [3.05, 3.63) is 38.7 Å². The van der Waals surface area contributed by atoms with Crippen LogP contribution in [0.4, 0.5) is 13.2 Å². The largest absolute Gasteiger partial charge is 0.466 e. The Kier molecular flexibility index (Phi) is 3.44. The lowest BCUT2D eigenvalue weighted by molar-refractivity contribution is -0.137. The van der Waals surface area contributed by atoms with Gasteiger partial charge in [-0.15, -0.1) is 11.3 Å². The molecule has 0 radical (unpaired) electrons. The van der Waals surface area contributed by atoms with Gasteiger partial charge in [-0.1, -0.05) is 0 Å². The lowest BCUT2D eigenvalue weighted by Gasteiger charge is -2.08. The van der Waals surface area contributed by atoms with Crippen LogP contribution in [0.5, 0.6) is 0 Å². The molecule has 2 aromatic heterocycles. The zero-order chi connectivity index (χ0) is 14.4. The van der Waals surface area contributed by atoms with Gasteiger partial charge in [-0.2, -0.15) is 13.2 Å². The first-order chi connectivity index (χ1) is 8.71. The molecule has 0 saturated heterocycles. The van der Waals surface area contributed by atoms with Crippen molar-refractivity contribution in [3.8, 4) is 0 Å². The maximum atomic E-state index is 12.5. The van der Waals surface area contributed by atoms with Gasteiger partial charge >= 0.3 is 6.18 Å². The Hall–Kier alpha value is -1.34. The van der Waals surface area contributed by atoms with Crippen LogP contribution in [-0.4, -0.2) is 10.1 Å². The number of rotatable bonds is 2. The summed E-state index contributed by atoms with van der Waals surface area (Å²) in [6, 6.07) is 0. The summed E-state index contributed by atoms with van der Waals surface area (Å²) in [4.78, 5) is 3.46. The molecule has 1 unspecified atom stereocenters. The number of thiazole rings is 1. The first kappa shape index (κ1) is 14.1. The van der Waals surface area contributed by atoms with Crippen molar-refractivity contribution in [2.24, 2.45) is 0 Å². The van der Waals surface area contributed by atoms with Gasteiger partial charge in [-0.25, -0.2) is 4.98 Å². The molecular formula is C12H12F3NO2S. The first-order valence-corrected chi connectivity index (χ1v) is 6.31. The molecule has 1 atom stereocenters. The van der Waals surface area contributed by atoms with Crippen LogP contribution in [0, 0.1) is 20.8 Å². The van der Waals surface area contributed by atoms with Crippen LogP contribution in [0.3, 0.4) is 0 Å². The monoisotopic (exact) mass is 291 g/mol. The molecule has 0 aliphatic carbocycles. The molecule has 0 aliphatic rings. The average Bonchev–Trinajstić information content (AvgIpc) is 2.84. The predicted molar refractivity (Wildman–Crippen MR) is 64.1 cm³/mol. The molecule has 7 heteroatoms. The number of alkyl halides is 3. The van der Waals surface area contributed by atoms with Gasteiger partial charge in [-0.05, 0) is 26.3 Å². The average molecular weight is 291 g/mol. The zero-order valence-corrected chi connectivity index (χ0v) is 11.3. The van der Waals surface area contributed by atoms with Crippen molar-refractivity contribution < 1.29 is 22.7 Å². The van der Waals surface area contributed by atoms with Crippen molar-refractivity contribution in [2.75, 3.05) is 0 Å². The Morgan fingerprint density at radius 1 is 1.26 bits per heavy atom. The van der Waals surface area contributed by atoms with Crippen LogP contribution in [0.15, 0.2) is 10.6 Å². The molecule has 0 fully saturated rings. The molecule has 0 saturated carbocycles. The van der Waals surface area contributed by atoms with E-state index >= 15 is 0 Å². The van der Waals surface area contributed by atoms with Crippen LogP contribution >= 0.6 is 11.3 Å². The minimum absolute atomic E-state index is 0.152. The molecule has 0 aromatic carbocycles. The molecule has 2 rings (SSSR count). The minimum Gasteiger partial charge on any atom is -0.466 e. The number of aromatic nitrogens is 1. The topological polar surface area (TPSA) is 46.3 Å². The van der Waals surface area contributed by atoms with Crippen LogP contribution in [0.1, 0.15) is 38.6 Å². The minimum atomic E-state index is -4.49. The predicted octanol–water partition coefficient (Wildman–Crippen LogP) is 3.76. The van der Waals surface area contributed by atoms with E-state index in [-0.39, 0.29) is 4.88 Å². The van der Waals surface area contributed by atoms with Gasteiger partial charge in [0.2, 0.25) is 0 Å². The summed E-state index contributed by atoms with van der Waals surface area (Å²) < 4.78 is 42.8. The van der Waals surface area contributed by atoms with Gasteiger partial charge < -0.3 is 9.52 Å². The standard InChI is InChI=1S/C12H12F3NO2S/c1-5-6(2)18-7(3)9(5)10(17)8-4-16-11(19-8)12(13,14)15/h4,10,17H,1-3H3. The summed E-state index contributed by atoms with van der Waals surface area (Å²) in [5.41, 5.74) is 1.25. The summed E-state index contributed by atoms with van der Waals surface area (Å²) in [5.74, 6) is 1.15. The highest BCUT2D eigenvalue weighted by Crippen LogP contribution is 2.38. The molecule has 2 heterocycles. The molecule has 1 N–H and O–H groups in total. The van der Waals surface area contributed by atoms with Crippen molar-refractivity contribution in [1.82, 2.24) is 4.98 Å². The maximum Gasteiger partial charge on any atom is 0.443 e. The van der Waals surface area contributed by atoms with Crippen LogP contribution < -0.4 is 0 Å². The van der Waals surface area contributed by atoms with E-state index in [2.05, 4.69) is 4.98 Å². The number of hydrogen-bond donors (Lipinski definition) is 1. The fourth-order valence-electron chi connectivity index (χ4n) is 1.90. The molecular weight excluding hydrogens is 279 g/mol. The third-order valence-electron chi connectivity index (χ3n) is 2.93. The van der Waals surface area contributed by atoms with E-state index < -0.39 is 17.3 Å². The number of furan rings is 1. The number of halogens is 3. The van der Waals surface area contributed by atoms with Crippen LogP contribution in [-0.2, 0) is 6.18 Å². The second-order valence-corrected chi connectivity index (χ2v) is 5.28. The molecule has 0 amide bonds. The first-order valence-electron chi connectivity index (χ1n) is 5.49. The van der Waals surface area contributed by atoms with Gasteiger partial charge in [0.05, 0.1) is 4.88 Å². The summed E-state index contributed by atoms with van der Waals surface area (Å²) in [7, 11) is 0. The van der Waals surface area contributed by atoms with Crippen molar-refractivity contribution >= 4 is 11.3 Å². The Bertz CT molecular complexity index is 601. The van der Waals surface area contributed by atoms with E-state index in [0.717, 1.165) is 11.8 Å². The lowest BCUT2D eigenvalue weighted by Crippen LogP contribution is -2.03. The Morgan fingerprint density at radius 3 is 2.32 bits per heavy atom. The van der Waals surface area contributed by atoms with Gasteiger partial charge in [-0.3, -0.25) is 0 Å². The van der Waals surface area contributed by atoms with Crippen LogP contribution in [0.2, 0.25) is 0 Å². The van der Waals surface area contributed by atoms with Gasteiger partial charge in [0.1, 0.15) is 17.6 Å². The molecule has 104 valence electrons. The fraction of sp³-hybridized carbons (Fsp3) is 0.417. The van der Waals surface area contributed by atoms with E-state index in [1.807, 2.05) is 0 Å². The summed E-state index contributed by atoms with van der Waals surface area (Å²) in [6.45, 7) is 5.17. The summed E-state index contributed by atoms with van der Waals surface area (Å²) >= 11 is 0.442. The lowest BCUT2D eigenvalue weighted by atomic mass is 10.0.